The molecule has 0 aliphatic heterocycles. The van der Waals surface area contributed by atoms with Gasteiger partial charge in [0.05, 0.1) is 16.8 Å². The quantitative estimate of drug-likeness (QED) is 0.613. The second-order valence-corrected chi connectivity index (χ2v) is 5.98. The van der Waals surface area contributed by atoms with Gasteiger partial charge in [-0.2, -0.15) is 18.3 Å². The van der Waals surface area contributed by atoms with Gasteiger partial charge >= 0.3 is 12.3 Å². The number of halogens is 4. The van der Waals surface area contributed by atoms with Crippen LogP contribution in [0.3, 0.4) is 0 Å². The summed E-state index contributed by atoms with van der Waals surface area (Å²) in [7, 11) is 0. The lowest BCUT2D eigenvalue weighted by Gasteiger charge is -2.12. The van der Waals surface area contributed by atoms with Gasteiger partial charge < -0.3 is 4.74 Å². The Kier molecular flexibility index (Phi) is 5.36. The van der Waals surface area contributed by atoms with Crippen LogP contribution >= 0.6 is 11.6 Å². The molecule has 0 spiro atoms. The van der Waals surface area contributed by atoms with Gasteiger partial charge in [0.1, 0.15) is 6.61 Å². The molecule has 1 heterocycles. The lowest BCUT2D eigenvalue weighted by molar-refractivity contribution is -0.137. The molecule has 27 heavy (non-hydrogen) atoms. The monoisotopic (exact) mass is 395 g/mol. The van der Waals surface area contributed by atoms with E-state index in [2.05, 4.69) is 15.5 Å². The highest BCUT2D eigenvalue weighted by molar-refractivity contribution is 6.31. The summed E-state index contributed by atoms with van der Waals surface area (Å²) in [6, 6.07) is 10.3. The van der Waals surface area contributed by atoms with E-state index in [1.807, 2.05) is 12.1 Å². The number of aromatic nitrogens is 2. The molecule has 140 valence electrons. The lowest BCUT2D eigenvalue weighted by atomic mass is 10.1. The minimum Gasteiger partial charge on any atom is -0.444 e. The van der Waals surface area contributed by atoms with Crippen molar-refractivity contribution in [3.05, 3.63) is 71.0 Å². The van der Waals surface area contributed by atoms with E-state index in [1.54, 1.807) is 24.5 Å². The number of carbonyl (C=O) groups is 1. The van der Waals surface area contributed by atoms with Crippen LogP contribution in [0.25, 0.3) is 11.1 Å². The number of H-pyrrole nitrogens is 1. The molecule has 0 atom stereocenters. The molecule has 0 radical (unpaired) electrons. The second kappa shape index (κ2) is 7.71. The van der Waals surface area contributed by atoms with Crippen molar-refractivity contribution >= 4 is 23.4 Å². The molecule has 2 N–H and O–H groups in total. The molecule has 3 rings (SSSR count). The van der Waals surface area contributed by atoms with E-state index in [4.69, 9.17) is 16.3 Å². The third-order valence-corrected chi connectivity index (χ3v) is 4.00. The minimum atomic E-state index is -4.62. The number of aromatic amines is 1. The maximum Gasteiger partial charge on any atom is 0.417 e. The fourth-order valence-electron chi connectivity index (χ4n) is 2.33. The zero-order valence-corrected chi connectivity index (χ0v) is 14.4. The average Bonchev–Trinajstić information content (AvgIpc) is 3.16. The molecule has 0 fully saturated rings. The number of anilines is 1. The summed E-state index contributed by atoms with van der Waals surface area (Å²) in [6.45, 7) is -0.0305. The summed E-state index contributed by atoms with van der Waals surface area (Å²) >= 11 is 5.54. The van der Waals surface area contributed by atoms with Crippen LogP contribution < -0.4 is 5.32 Å². The fourth-order valence-corrected chi connectivity index (χ4v) is 2.55. The SMILES string of the molecule is O=C(Nc1ccc(Cl)c(C(F)(F)F)c1)OCc1ccc(-c2cn[nH]c2)cc1. The molecule has 0 aliphatic carbocycles. The first-order valence-corrected chi connectivity index (χ1v) is 8.09. The largest absolute Gasteiger partial charge is 0.444 e. The van der Waals surface area contributed by atoms with E-state index >= 15 is 0 Å². The first-order valence-electron chi connectivity index (χ1n) is 7.71. The first kappa shape index (κ1) is 18.8. The van der Waals surface area contributed by atoms with Crippen LogP contribution in [-0.2, 0) is 17.5 Å². The molecular weight excluding hydrogens is 383 g/mol. The highest BCUT2D eigenvalue weighted by Crippen LogP contribution is 2.36. The second-order valence-electron chi connectivity index (χ2n) is 5.58. The predicted molar refractivity (Wildman–Crippen MR) is 94.3 cm³/mol. The topological polar surface area (TPSA) is 67.0 Å². The van der Waals surface area contributed by atoms with Gasteiger partial charge in [0.15, 0.2) is 0 Å². The van der Waals surface area contributed by atoms with Crippen molar-refractivity contribution in [1.29, 1.82) is 0 Å². The van der Waals surface area contributed by atoms with Crippen LogP contribution in [0.5, 0.6) is 0 Å². The molecular formula is C18H13ClF3N3O2. The fraction of sp³-hybridized carbons (Fsp3) is 0.111. The van der Waals surface area contributed by atoms with E-state index in [0.717, 1.165) is 28.8 Å². The van der Waals surface area contributed by atoms with Crippen molar-refractivity contribution in [3.63, 3.8) is 0 Å². The average molecular weight is 396 g/mol. The molecule has 0 unspecified atom stereocenters. The van der Waals surface area contributed by atoms with Crippen LogP contribution in [0.2, 0.25) is 5.02 Å². The lowest BCUT2D eigenvalue weighted by Crippen LogP contribution is -2.14. The number of hydrogen-bond acceptors (Lipinski definition) is 3. The predicted octanol–water partition coefficient (Wildman–Crippen LogP) is 5.50. The molecule has 0 bridgehead atoms. The smallest absolute Gasteiger partial charge is 0.417 e. The van der Waals surface area contributed by atoms with Gasteiger partial charge in [-0.3, -0.25) is 10.4 Å². The molecule has 1 aromatic heterocycles. The van der Waals surface area contributed by atoms with Crippen LogP contribution in [0.15, 0.2) is 54.9 Å². The number of alkyl halides is 3. The zero-order chi connectivity index (χ0) is 19.4. The van der Waals surface area contributed by atoms with Crippen LogP contribution in [0.4, 0.5) is 23.7 Å². The van der Waals surface area contributed by atoms with E-state index in [0.29, 0.717) is 0 Å². The maximum atomic E-state index is 12.8. The van der Waals surface area contributed by atoms with Gasteiger partial charge in [-0.25, -0.2) is 4.79 Å². The first-order chi connectivity index (χ1) is 12.8. The van der Waals surface area contributed by atoms with E-state index in [1.165, 1.54) is 6.07 Å². The third-order valence-electron chi connectivity index (χ3n) is 3.67. The minimum absolute atomic E-state index is 0.0305. The summed E-state index contributed by atoms with van der Waals surface area (Å²) in [6.07, 6.45) is -2.06. The summed E-state index contributed by atoms with van der Waals surface area (Å²) in [5.74, 6) is 0. The number of nitrogens with one attached hydrogen (secondary N) is 2. The maximum absolute atomic E-state index is 12.8. The molecule has 2 aromatic carbocycles. The molecule has 9 heteroatoms. The Morgan fingerprint density at radius 2 is 1.89 bits per heavy atom. The van der Waals surface area contributed by atoms with Crippen LogP contribution in [0.1, 0.15) is 11.1 Å². The Morgan fingerprint density at radius 3 is 2.52 bits per heavy atom. The standard InChI is InChI=1S/C18H13ClF3N3O2/c19-16-6-5-14(7-15(16)18(20,21)22)25-17(26)27-10-11-1-3-12(4-2-11)13-8-23-24-9-13/h1-9H,10H2,(H,23,24)(H,25,26). The zero-order valence-electron chi connectivity index (χ0n) is 13.7. The Hall–Kier alpha value is -3.00. The number of ether oxygens (including phenoxy) is 1. The van der Waals surface area contributed by atoms with Gasteiger partial charge in [0.2, 0.25) is 0 Å². The Balaban J connectivity index is 1.58. The van der Waals surface area contributed by atoms with Crippen LogP contribution in [-0.4, -0.2) is 16.3 Å². The molecule has 0 saturated carbocycles. The summed E-state index contributed by atoms with van der Waals surface area (Å²) in [5.41, 5.74) is 1.49. The Bertz CT molecular complexity index is 926. The summed E-state index contributed by atoms with van der Waals surface area (Å²) in [4.78, 5) is 11.8. The molecule has 1 amide bonds. The molecule has 0 saturated heterocycles. The van der Waals surface area contributed by atoms with Crippen LogP contribution in [0, 0.1) is 0 Å². The van der Waals surface area contributed by atoms with Gasteiger partial charge in [-0.05, 0) is 29.3 Å². The normalized spacial score (nSPS) is 11.3. The summed E-state index contributed by atoms with van der Waals surface area (Å²) < 4.78 is 43.5. The molecule has 3 aromatic rings. The third kappa shape index (κ3) is 4.79. The van der Waals surface area contributed by atoms with Gasteiger partial charge in [-0.1, -0.05) is 35.9 Å². The van der Waals surface area contributed by atoms with Gasteiger partial charge in [0, 0.05) is 17.4 Å². The number of benzene rings is 2. The number of nitrogens with zero attached hydrogens (tertiary/aromatic N) is 1. The van der Waals surface area contributed by atoms with E-state index < -0.39 is 22.9 Å². The van der Waals surface area contributed by atoms with Gasteiger partial charge in [0.25, 0.3) is 0 Å². The highest BCUT2D eigenvalue weighted by Gasteiger charge is 2.33. The molecule has 5 nitrogen and oxygen atoms in total. The van der Waals surface area contributed by atoms with Crippen molar-refractivity contribution in [2.24, 2.45) is 0 Å². The molecule has 0 aliphatic rings. The van der Waals surface area contributed by atoms with E-state index in [-0.39, 0.29) is 12.3 Å². The number of carbonyl (C=O) groups excluding carboxylic acids is 1. The van der Waals surface area contributed by atoms with Gasteiger partial charge in [-0.15, -0.1) is 0 Å². The highest BCUT2D eigenvalue weighted by atomic mass is 35.5. The Labute approximate surface area is 157 Å². The van der Waals surface area contributed by atoms with Crippen molar-refractivity contribution in [1.82, 2.24) is 10.2 Å². The summed E-state index contributed by atoms with van der Waals surface area (Å²) in [5, 5.41) is 8.39. The van der Waals surface area contributed by atoms with Crippen molar-refractivity contribution in [2.75, 3.05) is 5.32 Å². The van der Waals surface area contributed by atoms with Crippen molar-refractivity contribution in [3.8, 4) is 11.1 Å². The number of rotatable bonds is 4. The van der Waals surface area contributed by atoms with Crippen molar-refractivity contribution in [2.45, 2.75) is 12.8 Å². The van der Waals surface area contributed by atoms with E-state index in [9.17, 15) is 18.0 Å². The van der Waals surface area contributed by atoms with Crippen molar-refractivity contribution < 1.29 is 22.7 Å². The number of amides is 1. The Morgan fingerprint density at radius 1 is 1.15 bits per heavy atom. The number of hydrogen-bond donors (Lipinski definition) is 2.